The van der Waals surface area contributed by atoms with E-state index < -0.39 is 0 Å². The van der Waals surface area contributed by atoms with Crippen LogP contribution in [-0.4, -0.2) is 13.1 Å². The molecule has 17 heavy (non-hydrogen) atoms. The molecule has 0 bridgehead atoms. The molecule has 1 heterocycles. The monoisotopic (exact) mass is 255 g/mol. The highest BCUT2D eigenvalue weighted by Crippen LogP contribution is 2.29. The average molecular weight is 256 g/mol. The largest absolute Gasteiger partial charge is 0.317 e. The van der Waals surface area contributed by atoms with Crippen molar-refractivity contribution in [3.63, 3.8) is 0 Å². The van der Waals surface area contributed by atoms with Crippen molar-refractivity contribution in [1.29, 1.82) is 0 Å². The molecule has 1 fully saturated rings. The van der Waals surface area contributed by atoms with Crippen LogP contribution in [0.2, 0.25) is 5.02 Å². The molecular formula is C14H19ClFN. The summed E-state index contributed by atoms with van der Waals surface area (Å²) in [5.41, 5.74) is 2.39. The zero-order valence-electron chi connectivity index (χ0n) is 10.4. The van der Waals surface area contributed by atoms with Crippen LogP contribution >= 0.6 is 11.6 Å². The molecule has 0 aromatic heterocycles. The van der Waals surface area contributed by atoms with Gasteiger partial charge in [0.25, 0.3) is 0 Å². The van der Waals surface area contributed by atoms with E-state index >= 15 is 0 Å². The fourth-order valence-corrected chi connectivity index (χ4v) is 2.80. The summed E-state index contributed by atoms with van der Waals surface area (Å²) in [7, 11) is 0. The van der Waals surface area contributed by atoms with Crippen LogP contribution in [0.3, 0.4) is 0 Å². The third-order valence-electron chi connectivity index (χ3n) is 3.72. The molecule has 1 aliphatic rings. The second kappa shape index (κ2) is 5.36. The van der Waals surface area contributed by atoms with Gasteiger partial charge in [0.1, 0.15) is 5.82 Å². The zero-order valence-corrected chi connectivity index (χ0v) is 11.2. The van der Waals surface area contributed by atoms with Crippen LogP contribution < -0.4 is 5.32 Å². The topological polar surface area (TPSA) is 12.0 Å². The molecule has 1 aromatic carbocycles. The third kappa shape index (κ3) is 2.80. The molecule has 1 N–H and O–H groups in total. The summed E-state index contributed by atoms with van der Waals surface area (Å²) >= 11 is 6.13. The van der Waals surface area contributed by atoms with E-state index in [1.807, 2.05) is 6.92 Å². The quantitative estimate of drug-likeness (QED) is 0.851. The van der Waals surface area contributed by atoms with E-state index in [-0.39, 0.29) is 5.82 Å². The summed E-state index contributed by atoms with van der Waals surface area (Å²) < 4.78 is 14.1. The molecule has 0 radical (unpaired) electrons. The fourth-order valence-electron chi connectivity index (χ4n) is 2.53. The summed E-state index contributed by atoms with van der Waals surface area (Å²) in [4.78, 5) is 0. The molecule has 94 valence electrons. The van der Waals surface area contributed by atoms with Gasteiger partial charge in [-0.15, -0.1) is 0 Å². The molecule has 1 aromatic rings. The van der Waals surface area contributed by atoms with Crippen LogP contribution in [0.1, 0.15) is 29.5 Å². The van der Waals surface area contributed by atoms with Crippen molar-refractivity contribution in [3.8, 4) is 0 Å². The number of hydrogen-bond acceptors (Lipinski definition) is 1. The highest BCUT2D eigenvalue weighted by atomic mass is 35.5. The molecule has 2 rings (SSSR count). The van der Waals surface area contributed by atoms with Crippen molar-refractivity contribution >= 4 is 11.6 Å². The van der Waals surface area contributed by atoms with Crippen LogP contribution in [0.4, 0.5) is 4.39 Å². The Labute approximate surface area is 107 Å². The third-order valence-corrected chi connectivity index (χ3v) is 4.11. The van der Waals surface area contributed by atoms with Gasteiger partial charge in [-0.2, -0.15) is 0 Å². The molecule has 3 heteroatoms. The Kier molecular flexibility index (Phi) is 4.05. The lowest BCUT2D eigenvalue weighted by molar-refractivity contribution is 0.368. The second-order valence-corrected chi connectivity index (χ2v) is 5.40. The first-order chi connectivity index (χ1) is 8.09. The Morgan fingerprint density at radius 1 is 1.35 bits per heavy atom. The van der Waals surface area contributed by atoms with E-state index in [4.69, 9.17) is 11.6 Å². The van der Waals surface area contributed by atoms with Crippen molar-refractivity contribution in [2.45, 2.75) is 33.1 Å². The molecule has 1 saturated heterocycles. The van der Waals surface area contributed by atoms with E-state index in [0.29, 0.717) is 16.5 Å². The molecule has 0 aliphatic carbocycles. The first kappa shape index (κ1) is 12.8. The number of benzene rings is 1. The van der Waals surface area contributed by atoms with Gasteiger partial charge in [0.2, 0.25) is 0 Å². The Bertz CT molecular complexity index is 385. The summed E-state index contributed by atoms with van der Waals surface area (Å²) in [5, 5.41) is 4.02. The van der Waals surface area contributed by atoms with Crippen LogP contribution in [0.15, 0.2) is 6.07 Å². The standard InChI is InChI=1S/C14H19ClFN/c1-9-7-13(15)10(2)12(14(9)16)8-11-3-5-17-6-4-11/h7,11,17H,3-6,8H2,1-2H3. The Balaban J connectivity index is 2.24. The van der Waals surface area contributed by atoms with E-state index in [1.165, 1.54) is 0 Å². The lowest BCUT2D eigenvalue weighted by Crippen LogP contribution is -2.29. The lowest BCUT2D eigenvalue weighted by Gasteiger charge is -2.24. The van der Waals surface area contributed by atoms with Crippen molar-refractivity contribution in [1.82, 2.24) is 5.32 Å². The zero-order chi connectivity index (χ0) is 12.4. The summed E-state index contributed by atoms with van der Waals surface area (Å²) in [6.45, 7) is 5.80. The van der Waals surface area contributed by atoms with Gasteiger partial charge in [-0.1, -0.05) is 11.6 Å². The number of piperidine rings is 1. The summed E-state index contributed by atoms with van der Waals surface area (Å²) in [6.07, 6.45) is 3.08. The minimum absolute atomic E-state index is 0.0644. The van der Waals surface area contributed by atoms with E-state index in [1.54, 1.807) is 13.0 Å². The van der Waals surface area contributed by atoms with Gasteiger partial charge in [0, 0.05) is 5.02 Å². The lowest BCUT2D eigenvalue weighted by atomic mass is 9.88. The van der Waals surface area contributed by atoms with Crippen molar-refractivity contribution in [2.24, 2.45) is 5.92 Å². The van der Waals surface area contributed by atoms with Gasteiger partial charge in [-0.05, 0) is 74.9 Å². The van der Waals surface area contributed by atoms with E-state index in [9.17, 15) is 4.39 Å². The highest BCUT2D eigenvalue weighted by molar-refractivity contribution is 6.31. The predicted molar refractivity (Wildman–Crippen MR) is 70.2 cm³/mol. The van der Waals surface area contributed by atoms with Crippen LogP contribution in [-0.2, 0) is 6.42 Å². The van der Waals surface area contributed by atoms with Gasteiger partial charge >= 0.3 is 0 Å². The number of hydrogen-bond donors (Lipinski definition) is 1. The van der Waals surface area contributed by atoms with E-state index in [0.717, 1.165) is 43.5 Å². The molecule has 0 saturated carbocycles. The maximum absolute atomic E-state index is 14.1. The molecule has 0 atom stereocenters. The smallest absolute Gasteiger partial charge is 0.129 e. The maximum Gasteiger partial charge on any atom is 0.129 e. The normalized spacial score (nSPS) is 17.4. The summed E-state index contributed by atoms with van der Waals surface area (Å²) in [5.74, 6) is 0.521. The first-order valence-electron chi connectivity index (χ1n) is 6.24. The fraction of sp³-hybridized carbons (Fsp3) is 0.571. The minimum atomic E-state index is -0.0644. The van der Waals surface area contributed by atoms with Crippen molar-refractivity contribution in [3.05, 3.63) is 33.6 Å². The van der Waals surface area contributed by atoms with Gasteiger partial charge in [-0.3, -0.25) is 0 Å². The Hall–Kier alpha value is -0.600. The predicted octanol–water partition coefficient (Wildman–Crippen LogP) is 3.64. The molecular weight excluding hydrogens is 237 g/mol. The van der Waals surface area contributed by atoms with Crippen LogP contribution in [0, 0.1) is 25.6 Å². The Morgan fingerprint density at radius 3 is 2.65 bits per heavy atom. The molecule has 0 amide bonds. The van der Waals surface area contributed by atoms with Gasteiger partial charge in [0.05, 0.1) is 0 Å². The van der Waals surface area contributed by atoms with Crippen molar-refractivity contribution < 1.29 is 4.39 Å². The van der Waals surface area contributed by atoms with Crippen LogP contribution in [0.5, 0.6) is 0 Å². The van der Waals surface area contributed by atoms with Gasteiger partial charge in [-0.25, -0.2) is 4.39 Å². The highest BCUT2D eigenvalue weighted by Gasteiger charge is 2.19. The number of aryl methyl sites for hydroxylation is 1. The van der Waals surface area contributed by atoms with Crippen molar-refractivity contribution in [2.75, 3.05) is 13.1 Å². The Morgan fingerprint density at radius 2 is 2.00 bits per heavy atom. The SMILES string of the molecule is Cc1cc(Cl)c(C)c(CC2CCNCC2)c1F. The molecule has 0 unspecified atom stereocenters. The second-order valence-electron chi connectivity index (χ2n) is 4.99. The number of nitrogens with one attached hydrogen (secondary N) is 1. The van der Waals surface area contributed by atoms with E-state index in [2.05, 4.69) is 5.32 Å². The molecule has 1 nitrogen and oxygen atoms in total. The molecule has 1 aliphatic heterocycles. The van der Waals surface area contributed by atoms with Gasteiger partial charge < -0.3 is 5.32 Å². The van der Waals surface area contributed by atoms with Gasteiger partial charge in [0.15, 0.2) is 0 Å². The first-order valence-corrected chi connectivity index (χ1v) is 6.62. The molecule has 0 spiro atoms. The maximum atomic E-state index is 14.1. The number of halogens is 2. The minimum Gasteiger partial charge on any atom is -0.317 e. The van der Waals surface area contributed by atoms with Crippen LogP contribution in [0.25, 0.3) is 0 Å². The number of rotatable bonds is 2. The summed E-state index contributed by atoms with van der Waals surface area (Å²) in [6, 6.07) is 1.72. The average Bonchev–Trinajstić information content (AvgIpc) is 2.33.